The van der Waals surface area contributed by atoms with Gasteiger partial charge >= 0.3 is 0 Å². The number of hydrogen-bond acceptors (Lipinski definition) is 1. The van der Waals surface area contributed by atoms with Crippen LogP contribution in [-0.4, -0.2) is 0 Å². The molecule has 0 atom stereocenters. The second-order valence-corrected chi connectivity index (χ2v) is 5.30. The van der Waals surface area contributed by atoms with E-state index in [1.54, 1.807) is 6.07 Å². The second-order valence-electron chi connectivity index (χ2n) is 4.43. The molecule has 2 aromatic rings. The molecule has 0 aliphatic rings. The van der Waals surface area contributed by atoms with Gasteiger partial charge in [-0.3, -0.25) is 0 Å². The van der Waals surface area contributed by atoms with Gasteiger partial charge in [-0.05, 0) is 60.9 Å². The molecule has 0 saturated heterocycles. The molecule has 0 amide bonds. The fourth-order valence-electron chi connectivity index (χ4n) is 1.77. The molecule has 0 aliphatic heterocycles. The maximum atomic E-state index is 5.97. The van der Waals surface area contributed by atoms with Crippen molar-refractivity contribution in [3.8, 4) is 0 Å². The van der Waals surface area contributed by atoms with Crippen molar-refractivity contribution in [2.75, 3.05) is 5.32 Å². The summed E-state index contributed by atoms with van der Waals surface area (Å²) in [6, 6.07) is 11.9. The Balaban J connectivity index is 2.08. The minimum atomic E-state index is 0.666. The van der Waals surface area contributed by atoms with Crippen LogP contribution < -0.4 is 5.32 Å². The summed E-state index contributed by atoms with van der Waals surface area (Å²) in [5.41, 5.74) is 4.76. The van der Waals surface area contributed by atoms with E-state index >= 15 is 0 Å². The zero-order chi connectivity index (χ0) is 13.1. The Hall–Kier alpha value is -1.18. The Bertz CT molecular complexity index is 544. The minimum absolute atomic E-state index is 0.666. The highest BCUT2D eigenvalue weighted by Crippen LogP contribution is 2.20. The summed E-state index contributed by atoms with van der Waals surface area (Å²) < 4.78 is 0. The maximum Gasteiger partial charge on any atom is 0.0424 e. The lowest BCUT2D eigenvalue weighted by atomic mass is 10.1. The van der Waals surface area contributed by atoms with Crippen molar-refractivity contribution >= 4 is 28.9 Å². The average molecular weight is 280 g/mol. The first-order valence-electron chi connectivity index (χ1n) is 5.81. The summed E-state index contributed by atoms with van der Waals surface area (Å²) in [7, 11) is 0. The van der Waals surface area contributed by atoms with Gasteiger partial charge in [-0.2, -0.15) is 0 Å². The van der Waals surface area contributed by atoms with E-state index in [2.05, 4.69) is 37.4 Å². The number of rotatable bonds is 3. The molecular formula is C15H15Cl2N. The molecule has 0 bridgehead atoms. The summed E-state index contributed by atoms with van der Waals surface area (Å²) in [6.45, 7) is 4.93. The third kappa shape index (κ3) is 3.41. The Labute approximate surface area is 118 Å². The van der Waals surface area contributed by atoms with Gasteiger partial charge in [0.25, 0.3) is 0 Å². The van der Waals surface area contributed by atoms with Gasteiger partial charge in [-0.15, -0.1) is 0 Å². The smallest absolute Gasteiger partial charge is 0.0424 e. The molecule has 0 fully saturated rings. The monoisotopic (exact) mass is 279 g/mol. The van der Waals surface area contributed by atoms with E-state index in [1.165, 1.54) is 11.1 Å². The van der Waals surface area contributed by atoms with Gasteiger partial charge < -0.3 is 5.32 Å². The normalized spacial score (nSPS) is 10.4. The van der Waals surface area contributed by atoms with Crippen LogP contribution in [0.4, 0.5) is 5.69 Å². The fraction of sp³-hybridized carbons (Fsp3) is 0.200. The van der Waals surface area contributed by atoms with Crippen LogP contribution in [0.2, 0.25) is 10.0 Å². The Morgan fingerprint density at radius 1 is 0.889 bits per heavy atom. The van der Waals surface area contributed by atoms with Crippen molar-refractivity contribution < 1.29 is 0 Å². The van der Waals surface area contributed by atoms with E-state index in [9.17, 15) is 0 Å². The zero-order valence-corrected chi connectivity index (χ0v) is 11.9. The van der Waals surface area contributed by atoms with Crippen LogP contribution in [0.15, 0.2) is 36.4 Å². The third-order valence-electron chi connectivity index (χ3n) is 2.93. The highest BCUT2D eigenvalue weighted by molar-refractivity contribution is 6.34. The number of aryl methyl sites for hydroxylation is 2. The highest BCUT2D eigenvalue weighted by atomic mass is 35.5. The number of hydrogen-bond donors (Lipinski definition) is 1. The molecule has 2 aromatic carbocycles. The Kier molecular flexibility index (Phi) is 4.15. The Morgan fingerprint density at radius 2 is 1.56 bits per heavy atom. The molecule has 0 aromatic heterocycles. The molecule has 0 unspecified atom stereocenters. The first-order valence-corrected chi connectivity index (χ1v) is 6.56. The van der Waals surface area contributed by atoms with Crippen LogP contribution >= 0.6 is 23.2 Å². The molecule has 2 rings (SSSR count). The molecule has 0 aliphatic carbocycles. The molecule has 0 spiro atoms. The summed E-state index contributed by atoms with van der Waals surface area (Å²) in [4.78, 5) is 0. The molecule has 0 heterocycles. The SMILES string of the molecule is Cc1ccc(NCc2cc(Cl)cc(Cl)c2)cc1C. The predicted octanol–water partition coefficient (Wildman–Crippen LogP) is 5.22. The molecule has 0 saturated carbocycles. The van der Waals surface area contributed by atoms with Gasteiger partial charge in [-0.1, -0.05) is 29.3 Å². The lowest BCUT2D eigenvalue weighted by Gasteiger charge is -2.09. The average Bonchev–Trinajstić information content (AvgIpc) is 2.29. The van der Waals surface area contributed by atoms with E-state index in [4.69, 9.17) is 23.2 Å². The van der Waals surface area contributed by atoms with E-state index in [0.717, 1.165) is 11.3 Å². The van der Waals surface area contributed by atoms with Gasteiger partial charge in [0.15, 0.2) is 0 Å². The fourth-order valence-corrected chi connectivity index (χ4v) is 2.34. The summed E-state index contributed by atoms with van der Waals surface area (Å²) in [6.07, 6.45) is 0. The highest BCUT2D eigenvalue weighted by Gasteiger charge is 2.00. The van der Waals surface area contributed by atoms with Crippen molar-refractivity contribution in [3.63, 3.8) is 0 Å². The maximum absolute atomic E-state index is 5.97. The van der Waals surface area contributed by atoms with Crippen LogP contribution in [0.25, 0.3) is 0 Å². The quantitative estimate of drug-likeness (QED) is 0.812. The van der Waals surface area contributed by atoms with E-state index < -0.39 is 0 Å². The molecule has 0 radical (unpaired) electrons. The molecule has 18 heavy (non-hydrogen) atoms. The van der Waals surface area contributed by atoms with Crippen molar-refractivity contribution in [2.24, 2.45) is 0 Å². The van der Waals surface area contributed by atoms with Gasteiger partial charge in [0, 0.05) is 22.3 Å². The van der Waals surface area contributed by atoms with Crippen molar-refractivity contribution in [3.05, 3.63) is 63.1 Å². The lowest BCUT2D eigenvalue weighted by molar-refractivity contribution is 1.14. The molecule has 94 valence electrons. The van der Waals surface area contributed by atoms with Crippen LogP contribution in [0.5, 0.6) is 0 Å². The number of benzene rings is 2. The van der Waals surface area contributed by atoms with Crippen LogP contribution in [0, 0.1) is 13.8 Å². The zero-order valence-electron chi connectivity index (χ0n) is 10.4. The van der Waals surface area contributed by atoms with E-state index in [1.807, 2.05) is 12.1 Å². The van der Waals surface area contributed by atoms with Gasteiger partial charge in [0.1, 0.15) is 0 Å². The van der Waals surface area contributed by atoms with E-state index in [-0.39, 0.29) is 0 Å². The standard InChI is InChI=1S/C15H15Cl2N/c1-10-3-4-15(5-11(10)2)18-9-12-6-13(16)8-14(17)7-12/h3-8,18H,9H2,1-2H3. The number of anilines is 1. The third-order valence-corrected chi connectivity index (χ3v) is 3.36. The topological polar surface area (TPSA) is 12.0 Å². The molecule has 1 N–H and O–H groups in total. The van der Waals surface area contributed by atoms with Crippen LogP contribution in [0.3, 0.4) is 0 Å². The number of nitrogens with one attached hydrogen (secondary N) is 1. The molecule has 1 nitrogen and oxygen atoms in total. The first-order chi connectivity index (χ1) is 8.54. The predicted molar refractivity (Wildman–Crippen MR) is 79.7 cm³/mol. The van der Waals surface area contributed by atoms with E-state index in [0.29, 0.717) is 16.6 Å². The van der Waals surface area contributed by atoms with Crippen molar-refractivity contribution in [1.82, 2.24) is 0 Å². The molecular weight excluding hydrogens is 265 g/mol. The minimum Gasteiger partial charge on any atom is -0.381 e. The largest absolute Gasteiger partial charge is 0.381 e. The van der Waals surface area contributed by atoms with Gasteiger partial charge in [0.2, 0.25) is 0 Å². The summed E-state index contributed by atoms with van der Waals surface area (Å²) in [5, 5.41) is 4.70. The van der Waals surface area contributed by atoms with Crippen LogP contribution in [0.1, 0.15) is 16.7 Å². The summed E-state index contributed by atoms with van der Waals surface area (Å²) >= 11 is 11.9. The molecule has 3 heteroatoms. The van der Waals surface area contributed by atoms with Crippen molar-refractivity contribution in [2.45, 2.75) is 20.4 Å². The van der Waals surface area contributed by atoms with Gasteiger partial charge in [-0.25, -0.2) is 0 Å². The van der Waals surface area contributed by atoms with Crippen LogP contribution in [-0.2, 0) is 6.54 Å². The lowest BCUT2D eigenvalue weighted by Crippen LogP contribution is -2.00. The second kappa shape index (κ2) is 5.64. The van der Waals surface area contributed by atoms with Gasteiger partial charge in [0.05, 0.1) is 0 Å². The summed E-state index contributed by atoms with van der Waals surface area (Å²) in [5.74, 6) is 0. The number of halogens is 2. The Morgan fingerprint density at radius 3 is 2.17 bits per heavy atom. The van der Waals surface area contributed by atoms with Crippen molar-refractivity contribution in [1.29, 1.82) is 0 Å². The first kappa shape index (κ1) is 13.3.